The molecule has 0 amide bonds. The Labute approximate surface area is 83.9 Å². The fourth-order valence-corrected chi connectivity index (χ4v) is 0.634. The lowest BCUT2D eigenvalue weighted by molar-refractivity contribution is -0.138. The molecule has 0 aromatic rings. The van der Waals surface area contributed by atoms with Gasteiger partial charge in [-0.3, -0.25) is 9.59 Å². The van der Waals surface area contributed by atoms with Crippen LogP contribution in [0, 0.1) is 0 Å². The minimum atomic E-state index is -0.738. The summed E-state index contributed by atoms with van der Waals surface area (Å²) in [6, 6.07) is 0. The van der Waals surface area contributed by atoms with Crippen LogP contribution >= 0.6 is 0 Å². The van der Waals surface area contributed by atoms with E-state index in [-0.39, 0.29) is 6.42 Å². The van der Waals surface area contributed by atoms with Crippen LogP contribution in [-0.4, -0.2) is 28.7 Å². The fourth-order valence-electron chi connectivity index (χ4n) is 0.634. The number of unbranched alkanes of at least 4 members (excludes halogenated alkanes) is 1. The van der Waals surface area contributed by atoms with Gasteiger partial charge in [0.1, 0.15) is 0 Å². The van der Waals surface area contributed by atoms with Gasteiger partial charge in [-0.15, -0.1) is 0 Å². The molecule has 0 rings (SSSR count). The third-order valence-corrected chi connectivity index (χ3v) is 1.31. The lowest BCUT2D eigenvalue weighted by atomic mass is 10.2. The Hall–Kier alpha value is -1.10. The van der Waals surface area contributed by atoms with Crippen molar-refractivity contribution in [1.82, 2.24) is 0 Å². The van der Waals surface area contributed by atoms with Crippen molar-refractivity contribution >= 4 is 11.9 Å². The Morgan fingerprint density at radius 2 is 1.57 bits per heavy atom. The van der Waals surface area contributed by atoms with Gasteiger partial charge in [-0.05, 0) is 25.8 Å². The first-order valence-electron chi connectivity index (χ1n) is 4.68. The molecule has 0 saturated carbocycles. The fraction of sp³-hybridized carbons (Fsp3) is 0.778. The van der Waals surface area contributed by atoms with E-state index >= 15 is 0 Å². The first-order chi connectivity index (χ1) is 6.54. The second-order valence-electron chi connectivity index (χ2n) is 2.78. The highest BCUT2D eigenvalue weighted by Gasteiger charge is 1.92. The summed E-state index contributed by atoms with van der Waals surface area (Å²) in [6.45, 7) is 2.43. The van der Waals surface area contributed by atoms with Crippen LogP contribution in [-0.2, 0) is 9.59 Å². The van der Waals surface area contributed by atoms with Crippen LogP contribution in [0.2, 0.25) is 0 Å². The topological polar surface area (TPSA) is 101 Å². The maximum atomic E-state index is 9.83. The second-order valence-corrected chi connectivity index (χ2v) is 2.78. The Morgan fingerprint density at radius 3 is 1.79 bits per heavy atom. The maximum absolute atomic E-state index is 9.83. The van der Waals surface area contributed by atoms with Gasteiger partial charge in [-0.25, -0.2) is 0 Å². The molecule has 0 spiro atoms. The van der Waals surface area contributed by atoms with Gasteiger partial charge in [0.25, 0.3) is 0 Å². The molecular weight excluding hydrogens is 186 g/mol. The summed E-state index contributed by atoms with van der Waals surface area (Å²) in [6.07, 6.45) is 2.78. The summed E-state index contributed by atoms with van der Waals surface area (Å²) >= 11 is 0. The normalized spacial score (nSPS) is 8.71. The molecule has 0 aliphatic carbocycles. The van der Waals surface area contributed by atoms with Crippen LogP contribution in [0.25, 0.3) is 0 Å². The van der Waals surface area contributed by atoms with Crippen LogP contribution in [0.4, 0.5) is 0 Å². The van der Waals surface area contributed by atoms with E-state index in [1.54, 1.807) is 0 Å². The lowest BCUT2D eigenvalue weighted by Gasteiger charge is -1.90. The minimum Gasteiger partial charge on any atom is -0.481 e. The van der Waals surface area contributed by atoms with E-state index in [1.165, 1.54) is 0 Å². The average Bonchev–Trinajstić information content (AvgIpc) is 2.05. The third kappa shape index (κ3) is 22.4. The van der Waals surface area contributed by atoms with E-state index < -0.39 is 11.9 Å². The molecule has 0 aromatic heterocycles. The van der Waals surface area contributed by atoms with Gasteiger partial charge in [0.2, 0.25) is 0 Å². The summed E-state index contributed by atoms with van der Waals surface area (Å²) in [5.74, 6) is -1.45. The Bertz CT molecular complexity index is 159. The lowest BCUT2D eigenvalue weighted by Crippen LogP contribution is -2.00. The van der Waals surface area contributed by atoms with Gasteiger partial charge < -0.3 is 15.9 Å². The molecular formula is C9H19NO4. The first kappa shape index (κ1) is 15.4. The largest absolute Gasteiger partial charge is 0.481 e. The number of carbonyl (C=O) groups is 2. The van der Waals surface area contributed by atoms with Crippen LogP contribution in [0.15, 0.2) is 0 Å². The first-order valence-corrected chi connectivity index (χ1v) is 4.68. The highest BCUT2D eigenvalue weighted by Crippen LogP contribution is 1.91. The van der Waals surface area contributed by atoms with Crippen LogP contribution < -0.4 is 5.73 Å². The molecule has 0 heterocycles. The summed E-state index contributed by atoms with van der Waals surface area (Å²) < 4.78 is 0. The maximum Gasteiger partial charge on any atom is 0.303 e. The zero-order valence-corrected chi connectivity index (χ0v) is 8.53. The van der Waals surface area contributed by atoms with Gasteiger partial charge in [-0.1, -0.05) is 6.92 Å². The molecule has 0 saturated heterocycles. The quantitative estimate of drug-likeness (QED) is 0.563. The summed E-state index contributed by atoms with van der Waals surface area (Å²) in [5, 5.41) is 16.0. The molecule has 4 N–H and O–H groups in total. The summed E-state index contributed by atoms with van der Waals surface area (Å²) in [7, 11) is 0. The third-order valence-electron chi connectivity index (χ3n) is 1.31. The molecule has 0 atom stereocenters. The Balaban J connectivity index is 0. The highest BCUT2D eigenvalue weighted by atomic mass is 16.4. The Morgan fingerprint density at radius 1 is 1.07 bits per heavy atom. The van der Waals surface area contributed by atoms with Crippen molar-refractivity contribution in [2.24, 2.45) is 5.73 Å². The molecule has 5 heteroatoms. The summed E-state index contributed by atoms with van der Waals surface area (Å²) in [4.78, 5) is 19.4. The summed E-state index contributed by atoms with van der Waals surface area (Å²) in [5.41, 5.74) is 5.12. The molecule has 0 fully saturated rings. The van der Waals surface area contributed by atoms with Crippen LogP contribution in [0.5, 0.6) is 0 Å². The number of hydrogen-bond acceptors (Lipinski definition) is 3. The van der Waals surface area contributed by atoms with E-state index in [0.29, 0.717) is 19.4 Å². The highest BCUT2D eigenvalue weighted by molar-refractivity contribution is 5.66. The van der Waals surface area contributed by atoms with Crippen molar-refractivity contribution in [3.8, 4) is 0 Å². The van der Waals surface area contributed by atoms with Crippen LogP contribution in [0.1, 0.15) is 39.0 Å². The zero-order valence-electron chi connectivity index (χ0n) is 8.53. The SMILES string of the molecule is CCCC(=O)O.NCCCCC(=O)O. The molecule has 0 aliphatic heterocycles. The monoisotopic (exact) mass is 205 g/mol. The van der Waals surface area contributed by atoms with Crippen molar-refractivity contribution in [3.63, 3.8) is 0 Å². The zero-order chi connectivity index (χ0) is 11.4. The Kier molecular flexibility index (Phi) is 13.1. The molecule has 84 valence electrons. The number of carboxylic acids is 2. The van der Waals surface area contributed by atoms with E-state index in [1.807, 2.05) is 6.92 Å². The van der Waals surface area contributed by atoms with Gasteiger partial charge in [0, 0.05) is 12.8 Å². The van der Waals surface area contributed by atoms with E-state index in [4.69, 9.17) is 15.9 Å². The standard InChI is InChI=1S/C5H11NO2.C4H8O2/c6-4-2-1-3-5(7)8;1-2-3-4(5)6/h1-4,6H2,(H,7,8);2-3H2,1H3,(H,5,6). The predicted molar refractivity (Wildman–Crippen MR) is 53.1 cm³/mol. The van der Waals surface area contributed by atoms with Gasteiger partial charge >= 0.3 is 11.9 Å². The van der Waals surface area contributed by atoms with Gasteiger partial charge in [-0.2, -0.15) is 0 Å². The van der Waals surface area contributed by atoms with Crippen LogP contribution in [0.3, 0.4) is 0 Å². The number of nitrogens with two attached hydrogens (primary N) is 1. The van der Waals surface area contributed by atoms with Crippen molar-refractivity contribution in [2.45, 2.75) is 39.0 Å². The number of carboxylic acid groups (broad SMARTS) is 2. The van der Waals surface area contributed by atoms with Crippen molar-refractivity contribution in [2.75, 3.05) is 6.54 Å². The van der Waals surface area contributed by atoms with E-state index in [0.717, 1.165) is 12.8 Å². The molecule has 0 bridgehead atoms. The van der Waals surface area contributed by atoms with Crippen molar-refractivity contribution < 1.29 is 19.8 Å². The van der Waals surface area contributed by atoms with Crippen molar-refractivity contribution in [3.05, 3.63) is 0 Å². The van der Waals surface area contributed by atoms with Gasteiger partial charge in [0.15, 0.2) is 0 Å². The molecule has 5 nitrogen and oxygen atoms in total. The molecule has 14 heavy (non-hydrogen) atoms. The van der Waals surface area contributed by atoms with Crippen molar-refractivity contribution in [1.29, 1.82) is 0 Å². The molecule has 0 aliphatic rings. The molecule has 0 aromatic carbocycles. The second kappa shape index (κ2) is 11.9. The molecule has 0 unspecified atom stereocenters. The average molecular weight is 205 g/mol. The number of rotatable bonds is 6. The predicted octanol–water partition coefficient (Wildman–Crippen LogP) is 1.07. The van der Waals surface area contributed by atoms with E-state index in [9.17, 15) is 9.59 Å². The van der Waals surface area contributed by atoms with Gasteiger partial charge in [0.05, 0.1) is 0 Å². The molecule has 0 radical (unpaired) electrons. The number of aliphatic carboxylic acids is 2. The van der Waals surface area contributed by atoms with E-state index in [2.05, 4.69) is 0 Å². The smallest absolute Gasteiger partial charge is 0.303 e. The number of hydrogen-bond donors (Lipinski definition) is 3. The minimum absolute atomic E-state index is 0.247.